The van der Waals surface area contributed by atoms with Crippen molar-refractivity contribution < 1.29 is 0 Å². The van der Waals surface area contributed by atoms with Crippen LogP contribution in [-0.4, -0.2) is 0 Å². The molecule has 0 aliphatic heterocycles. The minimum absolute atomic E-state index is 0. The molecule has 0 fully saturated rings. The van der Waals surface area contributed by atoms with Gasteiger partial charge in [0.1, 0.15) is 0 Å². The molecule has 0 amide bonds. The number of hydrogen-bond acceptors (Lipinski definition) is 0. The fraction of sp³-hybridized carbons (Fsp3) is 0.500. The van der Waals surface area contributed by atoms with E-state index in [2.05, 4.69) is 13.8 Å². The molecule has 0 nitrogen and oxygen atoms in total. The predicted molar refractivity (Wildman–Crippen MR) is 77.0 cm³/mol. The third-order valence-electron chi connectivity index (χ3n) is 1.62. The molecule has 0 atom stereocenters. The molecule has 0 unspecified atom stereocenters. The topological polar surface area (TPSA) is 0 Å². The van der Waals surface area contributed by atoms with Crippen molar-refractivity contribution in [2.24, 2.45) is 0 Å². The van der Waals surface area contributed by atoms with Gasteiger partial charge in [-0.1, -0.05) is 75.9 Å². The summed E-state index contributed by atoms with van der Waals surface area (Å²) >= 11 is 0. The van der Waals surface area contributed by atoms with Gasteiger partial charge in [-0.2, -0.15) is 27.0 Å². The van der Waals surface area contributed by atoms with Crippen LogP contribution in [0.1, 0.15) is 39.5 Å². The van der Waals surface area contributed by atoms with E-state index in [0.29, 0.717) is 0 Å². The third kappa shape index (κ3) is 17.9. The molecule has 0 saturated carbocycles. The zero-order valence-electron chi connectivity index (χ0n) is 9.29. The molecule has 1 aromatic carbocycles. The smallest absolute Gasteiger partial charge is 0.0536 e. The van der Waals surface area contributed by atoms with Gasteiger partial charge in [0.15, 0.2) is 0 Å². The van der Waals surface area contributed by atoms with Gasteiger partial charge in [0.2, 0.25) is 0 Å². The van der Waals surface area contributed by atoms with E-state index in [1.54, 1.807) is 0 Å². The van der Waals surface area contributed by atoms with Gasteiger partial charge in [-0.15, -0.1) is 0 Å². The molecule has 0 heterocycles. The Balaban J connectivity index is -0.000000151. The average molecular weight is 232 g/mol. The summed E-state index contributed by atoms with van der Waals surface area (Å²) in [6.45, 7) is 4.46. The summed E-state index contributed by atoms with van der Waals surface area (Å²) in [6, 6.07) is 12.0. The van der Waals surface area contributed by atoms with Crippen molar-refractivity contribution in [2.45, 2.75) is 39.5 Å². The highest BCUT2D eigenvalue weighted by Crippen LogP contribution is 1.95. The minimum atomic E-state index is 0. The molecular weight excluding hydrogens is 208 g/mol. The summed E-state index contributed by atoms with van der Waals surface area (Å²) in [5.74, 6) is 0. The van der Waals surface area contributed by atoms with Crippen molar-refractivity contribution >= 4 is 27.0 Å². The summed E-state index contributed by atoms with van der Waals surface area (Å²) in [4.78, 5) is 0. The van der Waals surface area contributed by atoms with E-state index in [1.165, 1.54) is 25.7 Å². The van der Waals surface area contributed by atoms with Gasteiger partial charge in [0.25, 0.3) is 0 Å². The van der Waals surface area contributed by atoms with Crippen molar-refractivity contribution in [3.8, 4) is 0 Å². The Kier molecular flexibility index (Phi) is 26.0. The molecule has 0 spiro atoms. The second-order valence-corrected chi connectivity index (χ2v) is 2.86. The van der Waals surface area contributed by atoms with E-state index >= 15 is 0 Å². The van der Waals surface area contributed by atoms with Gasteiger partial charge in [-0.25, -0.2) is 0 Å². The second-order valence-electron chi connectivity index (χ2n) is 2.86. The fourth-order valence-electron chi connectivity index (χ4n) is 0.885. The maximum Gasteiger partial charge on any atom is -0.0536 e. The molecule has 0 aliphatic carbocycles. The lowest BCUT2D eigenvalue weighted by atomic mass is 10.2. The summed E-state index contributed by atoms with van der Waals surface area (Å²) in [6.07, 6.45) is 5.54. The first-order valence-corrected chi connectivity index (χ1v) is 4.91. The first-order chi connectivity index (χ1) is 5.91. The molecule has 2 heteroatoms. The third-order valence-corrected chi connectivity index (χ3v) is 1.62. The molecule has 0 saturated heterocycles. The second kappa shape index (κ2) is 18.7. The van der Waals surface area contributed by atoms with E-state index in [4.69, 9.17) is 0 Å². The lowest BCUT2D eigenvalue weighted by Crippen LogP contribution is -1.66. The molecule has 1 aromatic rings. The fourth-order valence-corrected chi connectivity index (χ4v) is 0.885. The van der Waals surface area contributed by atoms with Gasteiger partial charge >= 0.3 is 0 Å². The first kappa shape index (κ1) is 19.5. The maximum atomic E-state index is 2.23. The van der Waals surface area contributed by atoms with E-state index < -0.39 is 0 Å². The van der Waals surface area contributed by atoms with Crippen LogP contribution < -0.4 is 0 Å². The monoisotopic (exact) mass is 232 g/mol. The Morgan fingerprint density at radius 2 is 0.786 bits per heavy atom. The van der Waals surface area contributed by atoms with Crippen molar-refractivity contribution in [1.82, 2.24) is 0 Å². The largest absolute Gasteiger partial charge is 0.197 e. The Morgan fingerprint density at radius 1 is 0.571 bits per heavy atom. The molecule has 1 rings (SSSR count). The highest BCUT2D eigenvalue weighted by Gasteiger charge is 1.75. The molecule has 0 aliphatic rings. The minimum Gasteiger partial charge on any atom is -0.197 e. The Bertz CT molecular complexity index is 121. The van der Waals surface area contributed by atoms with Crippen LogP contribution in [0.5, 0.6) is 0 Å². The Hall–Kier alpha value is -0.0800. The van der Waals surface area contributed by atoms with Crippen LogP contribution >= 0.6 is 27.0 Å². The summed E-state index contributed by atoms with van der Waals surface area (Å²) in [5, 5.41) is 0. The highest BCUT2D eigenvalue weighted by atomic mass is 32.1. The molecule has 0 radical (unpaired) electrons. The summed E-state index contributed by atoms with van der Waals surface area (Å²) in [5.41, 5.74) is 0. The Morgan fingerprint density at radius 3 is 0.929 bits per heavy atom. The first-order valence-electron chi connectivity index (χ1n) is 4.91. The van der Waals surface area contributed by atoms with Crippen LogP contribution in [0, 0.1) is 0 Å². The van der Waals surface area contributed by atoms with Crippen LogP contribution in [0.15, 0.2) is 36.4 Å². The quantitative estimate of drug-likeness (QED) is 0.673. The number of unbranched alkanes of at least 4 members (excludes halogenated alkanes) is 3. The van der Waals surface area contributed by atoms with E-state index in [1.807, 2.05) is 36.4 Å². The van der Waals surface area contributed by atoms with E-state index in [-0.39, 0.29) is 27.0 Å². The van der Waals surface area contributed by atoms with Gasteiger partial charge in [-0.05, 0) is 0 Å². The number of rotatable bonds is 3. The van der Waals surface area contributed by atoms with Crippen LogP contribution in [-0.2, 0) is 0 Å². The average Bonchev–Trinajstić information content (AvgIpc) is 2.18. The highest BCUT2D eigenvalue weighted by molar-refractivity contribution is 7.59. The number of benzene rings is 1. The van der Waals surface area contributed by atoms with Gasteiger partial charge in [0, 0.05) is 0 Å². The van der Waals surface area contributed by atoms with Crippen molar-refractivity contribution in [3.05, 3.63) is 36.4 Å². The Labute approximate surface area is 103 Å². The zero-order chi connectivity index (χ0) is 9.07. The van der Waals surface area contributed by atoms with Gasteiger partial charge in [0.05, 0.1) is 0 Å². The van der Waals surface area contributed by atoms with E-state index in [9.17, 15) is 0 Å². The molecule has 84 valence electrons. The van der Waals surface area contributed by atoms with Crippen LogP contribution in [0.2, 0.25) is 0 Å². The van der Waals surface area contributed by atoms with Crippen molar-refractivity contribution in [3.63, 3.8) is 0 Å². The molecule has 0 aromatic heterocycles. The molecule has 0 N–H and O–H groups in total. The van der Waals surface area contributed by atoms with Crippen molar-refractivity contribution in [2.75, 3.05) is 0 Å². The lowest BCUT2D eigenvalue weighted by molar-refractivity contribution is 0.702. The maximum absolute atomic E-state index is 2.23. The SMILES string of the molecule is CCCCCC.S.S.c1ccccc1. The lowest BCUT2D eigenvalue weighted by Gasteiger charge is -1.86. The number of hydrogen-bond donors (Lipinski definition) is 0. The normalized spacial score (nSPS) is 7.29. The van der Waals surface area contributed by atoms with Crippen LogP contribution in [0.3, 0.4) is 0 Å². The van der Waals surface area contributed by atoms with Gasteiger partial charge < -0.3 is 0 Å². The van der Waals surface area contributed by atoms with Crippen LogP contribution in [0.4, 0.5) is 0 Å². The standard InChI is InChI=1S/C6H6.C6H14.2H2S/c1-2-4-6-5-3-1;1-3-5-6-4-2;;/h1-6H;3-6H2,1-2H3;2*1H2. The zero-order valence-corrected chi connectivity index (χ0v) is 11.3. The molecule has 14 heavy (non-hydrogen) atoms. The predicted octanol–water partition coefficient (Wildman–Crippen LogP) is 4.50. The summed E-state index contributed by atoms with van der Waals surface area (Å²) in [7, 11) is 0. The summed E-state index contributed by atoms with van der Waals surface area (Å²) < 4.78 is 0. The molecule has 0 bridgehead atoms. The van der Waals surface area contributed by atoms with Gasteiger partial charge in [-0.3, -0.25) is 0 Å². The molecular formula is C12H24S2. The van der Waals surface area contributed by atoms with E-state index in [0.717, 1.165) is 0 Å². The van der Waals surface area contributed by atoms with Crippen molar-refractivity contribution in [1.29, 1.82) is 0 Å². The van der Waals surface area contributed by atoms with Crippen LogP contribution in [0.25, 0.3) is 0 Å².